The average Bonchev–Trinajstić information content (AvgIpc) is 2.05. The van der Waals surface area contributed by atoms with E-state index in [1.54, 1.807) is 11.8 Å². The Labute approximate surface area is 85.5 Å². The van der Waals surface area contributed by atoms with Crippen molar-refractivity contribution in [3.8, 4) is 0 Å². The van der Waals surface area contributed by atoms with Crippen molar-refractivity contribution in [1.29, 1.82) is 0 Å². The monoisotopic (exact) mass is 205 g/mol. The Hall–Kier alpha value is 0.240. The minimum absolute atomic E-state index is 0.588. The van der Waals surface area contributed by atoms with E-state index in [0.717, 1.165) is 11.7 Å². The molecule has 0 aromatic rings. The lowest BCUT2D eigenvalue weighted by Gasteiger charge is -2.12. The van der Waals surface area contributed by atoms with Gasteiger partial charge in [-0.05, 0) is 12.3 Å². The van der Waals surface area contributed by atoms with Crippen LogP contribution in [0.25, 0.3) is 0 Å². The molecule has 3 heteroatoms. The standard InChI is InChI=1S/C9H19NS2/c1-3-5-6-8(4-2)7-12-9(10)11/h8H,3-7H2,1-2H3,(H2,10,11). The van der Waals surface area contributed by atoms with Gasteiger partial charge in [-0.15, -0.1) is 0 Å². The zero-order valence-corrected chi connectivity index (χ0v) is 9.64. The molecule has 2 N–H and O–H groups in total. The van der Waals surface area contributed by atoms with Gasteiger partial charge in [0.05, 0.1) is 0 Å². The first-order valence-electron chi connectivity index (χ1n) is 4.62. The molecule has 0 saturated carbocycles. The van der Waals surface area contributed by atoms with Crippen LogP contribution in [0.4, 0.5) is 0 Å². The van der Waals surface area contributed by atoms with Crippen LogP contribution in [0.15, 0.2) is 0 Å². The summed E-state index contributed by atoms with van der Waals surface area (Å²) >= 11 is 6.44. The molecular weight excluding hydrogens is 186 g/mol. The van der Waals surface area contributed by atoms with Crippen molar-refractivity contribution in [2.75, 3.05) is 5.75 Å². The number of thioether (sulfide) groups is 1. The van der Waals surface area contributed by atoms with E-state index in [2.05, 4.69) is 13.8 Å². The van der Waals surface area contributed by atoms with Crippen LogP contribution in [0.1, 0.15) is 39.5 Å². The van der Waals surface area contributed by atoms with Crippen LogP contribution in [0.3, 0.4) is 0 Å². The van der Waals surface area contributed by atoms with Crippen molar-refractivity contribution < 1.29 is 0 Å². The van der Waals surface area contributed by atoms with Crippen LogP contribution in [-0.4, -0.2) is 10.1 Å². The lowest BCUT2D eigenvalue weighted by molar-refractivity contribution is 0.500. The van der Waals surface area contributed by atoms with Crippen LogP contribution in [0.2, 0.25) is 0 Å². The zero-order chi connectivity index (χ0) is 9.40. The third-order valence-electron chi connectivity index (χ3n) is 2.00. The molecule has 12 heavy (non-hydrogen) atoms. The van der Waals surface area contributed by atoms with Crippen molar-refractivity contribution in [1.82, 2.24) is 0 Å². The molecule has 0 bridgehead atoms. The Morgan fingerprint density at radius 3 is 2.58 bits per heavy atom. The lowest BCUT2D eigenvalue weighted by atomic mass is 10.0. The summed E-state index contributed by atoms with van der Waals surface area (Å²) in [6.07, 6.45) is 5.18. The molecule has 0 radical (unpaired) electrons. The molecule has 0 aliphatic rings. The molecule has 1 atom stereocenters. The van der Waals surface area contributed by atoms with Gasteiger partial charge in [0.2, 0.25) is 0 Å². The highest BCUT2D eigenvalue weighted by molar-refractivity contribution is 8.22. The number of unbranched alkanes of at least 4 members (excludes halogenated alkanes) is 1. The number of thiocarbonyl (C=S) groups is 1. The van der Waals surface area contributed by atoms with Crippen LogP contribution >= 0.6 is 24.0 Å². The molecule has 0 aliphatic carbocycles. The van der Waals surface area contributed by atoms with E-state index < -0.39 is 0 Å². The van der Waals surface area contributed by atoms with Crippen molar-refractivity contribution in [2.45, 2.75) is 39.5 Å². The summed E-state index contributed by atoms with van der Waals surface area (Å²) in [5, 5.41) is 0. The first kappa shape index (κ1) is 12.2. The summed E-state index contributed by atoms with van der Waals surface area (Å²) in [5.41, 5.74) is 5.42. The van der Waals surface area contributed by atoms with E-state index in [4.69, 9.17) is 18.0 Å². The number of hydrogen-bond donors (Lipinski definition) is 1. The van der Waals surface area contributed by atoms with Crippen molar-refractivity contribution in [3.63, 3.8) is 0 Å². The Bertz CT molecular complexity index is 126. The second kappa shape index (κ2) is 7.87. The van der Waals surface area contributed by atoms with Gasteiger partial charge in [-0.1, -0.05) is 57.1 Å². The van der Waals surface area contributed by atoms with E-state index in [0.29, 0.717) is 4.32 Å². The van der Waals surface area contributed by atoms with E-state index in [1.165, 1.54) is 25.7 Å². The minimum Gasteiger partial charge on any atom is -0.385 e. The number of rotatable bonds is 6. The molecule has 0 spiro atoms. The maximum atomic E-state index is 5.42. The second-order valence-electron chi connectivity index (χ2n) is 3.05. The molecule has 0 aromatic carbocycles. The molecular formula is C9H19NS2. The van der Waals surface area contributed by atoms with Crippen LogP contribution in [0.5, 0.6) is 0 Å². The maximum absolute atomic E-state index is 5.42. The first-order valence-corrected chi connectivity index (χ1v) is 6.02. The Morgan fingerprint density at radius 1 is 1.50 bits per heavy atom. The molecule has 0 amide bonds. The van der Waals surface area contributed by atoms with Crippen LogP contribution in [-0.2, 0) is 0 Å². The van der Waals surface area contributed by atoms with E-state index in [-0.39, 0.29) is 0 Å². The molecule has 0 fully saturated rings. The highest BCUT2D eigenvalue weighted by Crippen LogP contribution is 2.18. The molecule has 0 rings (SSSR count). The summed E-state index contributed by atoms with van der Waals surface area (Å²) in [6.45, 7) is 4.47. The SMILES string of the molecule is CCCCC(CC)CSC(N)=S. The van der Waals surface area contributed by atoms with Gasteiger partial charge in [-0.3, -0.25) is 0 Å². The van der Waals surface area contributed by atoms with E-state index >= 15 is 0 Å². The van der Waals surface area contributed by atoms with E-state index in [9.17, 15) is 0 Å². The molecule has 0 aromatic heterocycles. The minimum atomic E-state index is 0.588. The fraction of sp³-hybridized carbons (Fsp3) is 0.889. The van der Waals surface area contributed by atoms with Gasteiger partial charge in [0.1, 0.15) is 4.32 Å². The average molecular weight is 205 g/mol. The van der Waals surface area contributed by atoms with Crippen LogP contribution in [0, 0.1) is 5.92 Å². The first-order chi connectivity index (χ1) is 5.70. The molecule has 72 valence electrons. The number of hydrogen-bond acceptors (Lipinski definition) is 2. The number of nitrogens with two attached hydrogens (primary N) is 1. The van der Waals surface area contributed by atoms with E-state index in [1.807, 2.05) is 0 Å². The molecule has 1 unspecified atom stereocenters. The largest absolute Gasteiger partial charge is 0.385 e. The summed E-state index contributed by atoms with van der Waals surface area (Å²) in [6, 6.07) is 0. The quantitative estimate of drug-likeness (QED) is 0.675. The van der Waals surface area contributed by atoms with Gasteiger partial charge >= 0.3 is 0 Å². The fourth-order valence-corrected chi connectivity index (χ4v) is 2.10. The Balaban J connectivity index is 3.45. The van der Waals surface area contributed by atoms with Crippen molar-refractivity contribution in [2.24, 2.45) is 11.7 Å². The molecule has 0 saturated heterocycles. The topological polar surface area (TPSA) is 26.0 Å². The van der Waals surface area contributed by atoms with Gasteiger partial charge in [-0.2, -0.15) is 0 Å². The second-order valence-corrected chi connectivity index (χ2v) is 4.81. The zero-order valence-electron chi connectivity index (χ0n) is 8.01. The lowest BCUT2D eigenvalue weighted by Crippen LogP contribution is -2.08. The van der Waals surface area contributed by atoms with Gasteiger partial charge in [0, 0.05) is 5.75 Å². The van der Waals surface area contributed by atoms with Crippen molar-refractivity contribution >= 4 is 28.3 Å². The third kappa shape index (κ3) is 6.92. The fourth-order valence-electron chi connectivity index (χ4n) is 1.10. The molecule has 0 aliphatic heterocycles. The normalized spacial score (nSPS) is 12.8. The molecule has 1 nitrogen and oxygen atoms in total. The smallest absolute Gasteiger partial charge is 0.131 e. The predicted octanol–water partition coefficient (Wildman–Crippen LogP) is 3.18. The third-order valence-corrected chi connectivity index (χ3v) is 3.28. The summed E-state index contributed by atoms with van der Waals surface area (Å²) in [7, 11) is 0. The predicted molar refractivity (Wildman–Crippen MR) is 62.5 cm³/mol. The van der Waals surface area contributed by atoms with Gasteiger partial charge in [0.15, 0.2) is 0 Å². The van der Waals surface area contributed by atoms with Gasteiger partial charge < -0.3 is 5.73 Å². The Morgan fingerprint density at radius 2 is 2.17 bits per heavy atom. The summed E-state index contributed by atoms with van der Waals surface area (Å²) in [4.78, 5) is 0. The summed E-state index contributed by atoms with van der Waals surface area (Å²) in [5.74, 6) is 1.91. The maximum Gasteiger partial charge on any atom is 0.131 e. The highest BCUT2D eigenvalue weighted by atomic mass is 32.2. The highest BCUT2D eigenvalue weighted by Gasteiger charge is 2.05. The van der Waals surface area contributed by atoms with Crippen molar-refractivity contribution in [3.05, 3.63) is 0 Å². The van der Waals surface area contributed by atoms with Crippen LogP contribution < -0.4 is 5.73 Å². The van der Waals surface area contributed by atoms with Gasteiger partial charge in [0.25, 0.3) is 0 Å². The summed E-state index contributed by atoms with van der Waals surface area (Å²) < 4.78 is 0.588. The van der Waals surface area contributed by atoms with Gasteiger partial charge in [-0.25, -0.2) is 0 Å². The Kier molecular flexibility index (Phi) is 8.02. The molecule has 0 heterocycles.